The zero-order chi connectivity index (χ0) is 18.1. The second-order valence-corrected chi connectivity index (χ2v) is 14.1. The Bertz CT molecular complexity index is 512. The number of rotatable bonds is 4. The van der Waals surface area contributed by atoms with Gasteiger partial charge in [-0.3, -0.25) is 4.79 Å². The highest BCUT2D eigenvalue weighted by Gasteiger charge is 2.46. The SMILES string of the molecule is C=CCC1C/C=C(/C)[C@H]2CC[C@H](O[Si](C)(C)C(C)(C)C)[C@H]2CC1=O. The van der Waals surface area contributed by atoms with E-state index < -0.39 is 8.32 Å². The van der Waals surface area contributed by atoms with Crippen LogP contribution in [0.5, 0.6) is 0 Å². The minimum Gasteiger partial charge on any atom is -0.414 e. The Hall–Kier alpha value is -0.673. The Morgan fingerprint density at radius 1 is 1.33 bits per heavy atom. The van der Waals surface area contributed by atoms with Gasteiger partial charge >= 0.3 is 0 Å². The van der Waals surface area contributed by atoms with Gasteiger partial charge in [0.2, 0.25) is 0 Å². The maximum Gasteiger partial charge on any atom is 0.192 e. The van der Waals surface area contributed by atoms with Crippen molar-refractivity contribution in [1.82, 2.24) is 0 Å². The maximum atomic E-state index is 12.8. The van der Waals surface area contributed by atoms with E-state index in [1.807, 2.05) is 6.08 Å². The van der Waals surface area contributed by atoms with Crippen molar-refractivity contribution in [2.45, 2.75) is 84.0 Å². The average Bonchev–Trinajstić information content (AvgIpc) is 2.82. The lowest BCUT2D eigenvalue weighted by atomic mass is 9.78. The van der Waals surface area contributed by atoms with E-state index in [0.717, 1.165) is 19.3 Å². The summed E-state index contributed by atoms with van der Waals surface area (Å²) in [5.74, 6) is 1.44. The van der Waals surface area contributed by atoms with Crippen LogP contribution in [0.15, 0.2) is 24.3 Å². The third-order valence-electron chi connectivity index (χ3n) is 6.66. The third-order valence-corrected chi connectivity index (χ3v) is 11.2. The molecule has 0 radical (unpaired) electrons. The van der Waals surface area contributed by atoms with Gasteiger partial charge in [0.25, 0.3) is 0 Å². The van der Waals surface area contributed by atoms with E-state index in [0.29, 0.717) is 24.0 Å². The van der Waals surface area contributed by atoms with Crippen molar-refractivity contribution in [2.75, 3.05) is 0 Å². The van der Waals surface area contributed by atoms with Crippen LogP contribution < -0.4 is 0 Å². The number of allylic oxidation sites excluding steroid dienone is 3. The quantitative estimate of drug-likeness (QED) is 0.466. The molecule has 4 atom stereocenters. The van der Waals surface area contributed by atoms with Crippen LogP contribution in [-0.4, -0.2) is 20.2 Å². The molecule has 0 aromatic carbocycles. The summed E-state index contributed by atoms with van der Waals surface area (Å²) < 4.78 is 6.76. The normalized spacial score (nSPS) is 34.1. The first-order chi connectivity index (χ1) is 11.1. The summed E-state index contributed by atoms with van der Waals surface area (Å²) in [5, 5.41) is 0.215. The molecule has 0 heterocycles. The smallest absolute Gasteiger partial charge is 0.192 e. The summed E-state index contributed by atoms with van der Waals surface area (Å²) in [7, 11) is -1.80. The molecule has 136 valence electrons. The van der Waals surface area contributed by atoms with E-state index in [9.17, 15) is 4.79 Å². The third kappa shape index (κ3) is 4.11. The Morgan fingerprint density at radius 2 is 2.00 bits per heavy atom. The molecule has 0 spiro atoms. The standard InChI is InChI=1S/C21H36O2Si/c1-8-9-16-11-10-15(2)17-12-13-20(18(17)14-19(16)22)23-24(6,7)21(3,4)5/h8,10,16-18,20H,1,9,11-14H2,2-7H3/b15-10-/t16?,17-,18+,20+/m1/s1. The van der Waals surface area contributed by atoms with Crippen molar-refractivity contribution in [1.29, 1.82) is 0 Å². The van der Waals surface area contributed by atoms with Crippen LogP contribution in [0.4, 0.5) is 0 Å². The number of Topliss-reactive ketones (excluding diaryl/α,β-unsaturated/α-hetero) is 1. The number of carbonyl (C=O) groups excluding carboxylic acids is 1. The number of hydrogen-bond donors (Lipinski definition) is 0. The summed E-state index contributed by atoms with van der Waals surface area (Å²) in [6, 6.07) is 0. The molecule has 2 nitrogen and oxygen atoms in total. The average molecular weight is 349 g/mol. The predicted molar refractivity (Wildman–Crippen MR) is 105 cm³/mol. The molecule has 0 aromatic rings. The van der Waals surface area contributed by atoms with E-state index in [-0.39, 0.29) is 17.1 Å². The van der Waals surface area contributed by atoms with Gasteiger partial charge in [-0.05, 0) is 62.6 Å². The zero-order valence-corrected chi connectivity index (χ0v) is 17.5. The largest absolute Gasteiger partial charge is 0.414 e. The van der Waals surface area contributed by atoms with Crippen LogP contribution in [0.25, 0.3) is 0 Å². The highest BCUT2D eigenvalue weighted by atomic mass is 28.4. The molecule has 2 aliphatic rings. The molecule has 0 N–H and O–H groups in total. The molecule has 1 unspecified atom stereocenters. The van der Waals surface area contributed by atoms with Gasteiger partial charge in [0, 0.05) is 18.4 Å². The topological polar surface area (TPSA) is 26.3 Å². The number of ketones is 1. The molecule has 3 heteroatoms. The first-order valence-electron chi connectivity index (χ1n) is 9.55. The molecule has 1 saturated carbocycles. The Morgan fingerprint density at radius 3 is 2.58 bits per heavy atom. The monoisotopic (exact) mass is 348 g/mol. The molecule has 0 amide bonds. The van der Waals surface area contributed by atoms with Gasteiger partial charge in [-0.25, -0.2) is 0 Å². The van der Waals surface area contributed by atoms with E-state index in [4.69, 9.17) is 4.43 Å². The fourth-order valence-electron chi connectivity index (χ4n) is 4.01. The molecule has 0 bridgehead atoms. The molecule has 0 aromatic heterocycles. The van der Waals surface area contributed by atoms with E-state index in [2.05, 4.69) is 53.4 Å². The first kappa shape index (κ1) is 19.6. The van der Waals surface area contributed by atoms with Crippen LogP contribution in [0.2, 0.25) is 18.1 Å². The molecule has 2 aliphatic carbocycles. The molecule has 1 fully saturated rings. The summed E-state index contributed by atoms with van der Waals surface area (Å²) in [4.78, 5) is 12.8. The summed E-state index contributed by atoms with van der Waals surface area (Å²) >= 11 is 0. The molecule has 0 saturated heterocycles. The Labute approximate surface area is 149 Å². The van der Waals surface area contributed by atoms with Crippen LogP contribution in [-0.2, 0) is 9.22 Å². The number of carbonyl (C=O) groups is 1. The molecular weight excluding hydrogens is 312 g/mol. The fourth-order valence-corrected chi connectivity index (χ4v) is 5.41. The number of fused-ring (bicyclic) bond motifs is 1. The second kappa shape index (κ2) is 7.29. The van der Waals surface area contributed by atoms with Crippen molar-refractivity contribution in [3.05, 3.63) is 24.3 Å². The molecular formula is C21H36O2Si. The fraction of sp³-hybridized carbons (Fsp3) is 0.762. The van der Waals surface area contributed by atoms with Crippen molar-refractivity contribution in [2.24, 2.45) is 17.8 Å². The molecule has 0 aliphatic heterocycles. The van der Waals surface area contributed by atoms with Gasteiger partial charge in [-0.2, -0.15) is 0 Å². The van der Waals surface area contributed by atoms with E-state index in [1.165, 1.54) is 12.0 Å². The summed E-state index contributed by atoms with van der Waals surface area (Å²) in [6.07, 6.45) is 9.11. The maximum absolute atomic E-state index is 12.8. The van der Waals surface area contributed by atoms with Crippen LogP contribution >= 0.6 is 0 Å². The second-order valence-electron chi connectivity index (χ2n) is 9.34. The van der Waals surface area contributed by atoms with Crippen LogP contribution in [0.3, 0.4) is 0 Å². The van der Waals surface area contributed by atoms with E-state index >= 15 is 0 Å². The van der Waals surface area contributed by atoms with Crippen LogP contribution in [0, 0.1) is 17.8 Å². The summed E-state index contributed by atoms with van der Waals surface area (Å²) in [6.45, 7) is 17.6. The van der Waals surface area contributed by atoms with Gasteiger partial charge in [0.1, 0.15) is 5.78 Å². The van der Waals surface area contributed by atoms with Crippen molar-refractivity contribution >= 4 is 14.1 Å². The van der Waals surface area contributed by atoms with Gasteiger partial charge in [-0.1, -0.05) is 38.5 Å². The lowest BCUT2D eigenvalue weighted by molar-refractivity contribution is -0.124. The van der Waals surface area contributed by atoms with Gasteiger partial charge < -0.3 is 4.43 Å². The van der Waals surface area contributed by atoms with Crippen molar-refractivity contribution in [3.63, 3.8) is 0 Å². The van der Waals surface area contributed by atoms with Gasteiger partial charge in [-0.15, -0.1) is 6.58 Å². The highest BCUT2D eigenvalue weighted by molar-refractivity contribution is 6.74. The van der Waals surface area contributed by atoms with E-state index in [1.54, 1.807) is 0 Å². The van der Waals surface area contributed by atoms with Crippen molar-refractivity contribution in [3.8, 4) is 0 Å². The molecule has 24 heavy (non-hydrogen) atoms. The van der Waals surface area contributed by atoms with Gasteiger partial charge in [0.05, 0.1) is 0 Å². The highest BCUT2D eigenvalue weighted by Crippen LogP contribution is 2.46. The first-order valence-corrected chi connectivity index (χ1v) is 12.5. The minimum absolute atomic E-state index is 0.118. The lowest BCUT2D eigenvalue weighted by Gasteiger charge is -2.40. The minimum atomic E-state index is -1.80. The van der Waals surface area contributed by atoms with Crippen molar-refractivity contribution < 1.29 is 9.22 Å². The Kier molecular flexibility index (Phi) is 5.97. The zero-order valence-electron chi connectivity index (χ0n) is 16.5. The lowest BCUT2D eigenvalue weighted by Crippen LogP contribution is -2.45. The summed E-state index contributed by atoms with van der Waals surface area (Å²) in [5.41, 5.74) is 1.47. The predicted octanol–water partition coefficient (Wildman–Crippen LogP) is 5.90. The molecule has 2 rings (SSSR count). The number of hydrogen-bond acceptors (Lipinski definition) is 2. The van der Waals surface area contributed by atoms with Gasteiger partial charge in [0.15, 0.2) is 8.32 Å². The Balaban J connectivity index is 2.21. The van der Waals surface area contributed by atoms with Crippen LogP contribution in [0.1, 0.15) is 59.8 Å².